The summed E-state index contributed by atoms with van der Waals surface area (Å²) in [5, 5.41) is 2.49. The first kappa shape index (κ1) is 43.5. The highest BCUT2D eigenvalue weighted by Gasteiger charge is 2.28. The van der Waals surface area contributed by atoms with Crippen molar-refractivity contribution in [3.05, 3.63) is 283 Å². The van der Waals surface area contributed by atoms with E-state index in [1.54, 1.807) is 0 Å². The molecule has 0 bridgehead atoms. The largest absolute Gasteiger partial charge is 0.337 e. The number of benzene rings is 7. The number of hydrogen-bond donors (Lipinski definition) is 0. The zero-order valence-electron chi connectivity index (χ0n) is 39.6. The Morgan fingerprint density at radius 1 is 0.479 bits per heavy atom. The zero-order valence-corrected chi connectivity index (χ0v) is 39.6. The van der Waals surface area contributed by atoms with Crippen molar-refractivity contribution < 1.29 is 0 Å². The number of aromatic nitrogens is 2. The van der Waals surface area contributed by atoms with Gasteiger partial charge in [-0.25, -0.2) is 0 Å². The molecule has 4 aliphatic carbocycles. The summed E-state index contributed by atoms with van der Waals surface area (Å²) in [6.45, 7) is 0.726. The van der Waals surface area contributed by atoms with Crippen LogP contribution >= 0.6 is 0 Å². The van der Waals surface area contributed by atoms with Crippen LogP contribution in [-0.2, 0) is 6.54 Å². The van der Waals surface area contributed by atoms with Crippen LogP contribution in [0.25, 0.3) is 21.8 Å². The van der Waals surface area contributed by atoms with Gasteiger partial charge in [0.1, 0.15) is 11.0 Å². The van der Waals surface area contributed by atoms with E-state index in [4.69, 9.17) is 9.97 Å². The van der Waals surface area contributed by atoms with Gasteiger partial charge in [-0.2, -0.15) is 0 Å². The smallest absolute Gasteiger partial charge is 0.115 e. The summed E-state index contributed by atoms with van der Waals surface area (Å²) in [5.74, 6) is 0.438. The Balaban J connectivity index is 0.903. The van der Waals surface area contributed by atoms with Gasteiger partial charge in [-0.3, -0.25) is 9.97 Å². The summed E-state index contributed by atoms with van der Waals surface area (Å²) in [5.41, 5.74) is 15.1. The van der Waals surface area contributed by atoms with Crippen LogP contribution in [0.15, 0.2) is 278 Å². The Morgan fingerprint density at radius 3 is 1.80 bits per heavy atom. The van der Waals surface area contributed by atoms with Gasteiger partial charge < -0.3 is 19.6 Å². The Bertz CT molecular complexity index is 3470. The Kier molecular flexibility index (Phi) is 12.1. The SMILES string of the molecule is C1=CCC2C=CC(N(c3ccccc3)C3C=CC(N(C4=CCCC=C4)c4ccc(N(c5ccccc5)c5ccc(N(Cc6ccc7ccccc7c6)c6ccccc6)cc5)c5nccnc45)=CC3)=CC2=C1. The van der Waals surface area contributed by atoms with E-state index in [1.807, 2.05) is 12.4 Å². The van der Waals surface area contributed by atoms with E-state index in [0.717, 1.165) is 88.8 Å². The first-order valence-corrected chi connectivity index (χ1v) is 24.9. The van der Waals surface area contributed by atoms with Crippen molar-refractivity contribution in [1.82, 2.24) is 9.97 Å². The molecule has 2 unspecified atom stereocenters. The molecular weight excluding hydrogens is 865 g/mol. The van der Waals surface area contributed by atoms with Gasteiger partial charge in [-0.05, 0) is 151 Å². The van der Waals surface area contributed by atoms with Gasteiger partial charge in [0.05, 0.1) is 17.4 Å². The number of rotatable bonds is 13. The fourth-order valence-corrected chi connectivity index (χ4v) is 10.5. The van der Waals surface area contributed by atoms with Crippen molar-refractivity contribution in [1.29, 1.82) is 0 Å². The predicted octanol–water partition coefficient (Wildman–Crippen LogP) is 16.3. The van der Waals surface area contributed by atoms with Crippen molar-refractivity contribution in [3.63, 3.8) is 0 Å². The Morgan fingerprint density at radius 2 is 1.10 bits per heavy atom. The molecule has 0 radical (unpaired) electrons. The number of allylic oxidation sites excluding steroid dienone is 11. The molecule has 1 aromatic heterocycles. The summed E-state index contributed by atoms with van der Waals surface area (Å²) in [6, 6.07) is 60.9. The van der Waals surface area contributed by atoms with Crippen molar-refractivity contribution in [3.8, 4) is 0 Å². The highest BCUT2D eigenvalue weighted by molar-refractivity contribution is 6.02. The summed E-state index contributed by atoms with van der Waals surface area (Å²) < 4.78 is 0. The molecule has 0 amide bonds. The molecule has 6 heteroatoms. The van der Waals surface area contributed by atoms with Gasteiger partial charge in [0.2, 0.25) is 0 Å². The van der Waals surface area contributed by atoms with E-state index >= 15 is 0 Å². The van der Waals surface area contributed by atoms with Crippen molar-refractivity contribution in [2.75, 3.05) is 19.6 Å². The average molecular weight is 919 g/mol. The highest BCUT2D eigenvalue weighted by atomic mass is 15.2. The molecule has 7 aromatic carbocycles. The molecule has 0 spiro atoms. The van der Waals surface area contributed by atoms with E-state index in [1.165, 1.54) is 33.3 Å². The molecule has 8 aromatic rings. The second kappa shape index (κ2) is 19.7. The van der Waals surface area contributed by atoms with Crippen LogP contribution in [0.3, 0.4) is 0 Å². The second-order valence-electron chi connectivity index (χ2n) is 18.5. The molecule has 0 saturated carbocycles. The fraction of sp³-hybridized carbons (Fsp3) is 0.108. The summed E-state index contributed by atoms with van der Waals surface area (Å²) in [6.07, 6.45) is 35.3. The van der Waals surface area contributed by atoms with Gasteiger partial charge >= 0.3 is 0 Å². The monoisotopic (exact) mass is 918 g/mol. The molecular formula is C65H54N6. The molecule has 4 aliphatic rings. The van der Waals surface area contributed by atoms with Crippen molar-refractivity contribution in [2.24, 2.45) is 5.92 Å². The van der Waals surface area contributed by atoms with Gasteiger partial charge in [0.25, 0.3) is 0 Å². The van der Waals surface area contributed by atoms with Crippen LogP contribution in [0, 0.1) is 5.92 Å². The van der Waals surface area contributed by atoms with Gasteiger partial charge in [-0.1, -0.05) is 140 Å². The number of nitrogens with zero attached hydrogens (tertiary/aromatic N) is 6. The minimum Gasteiger partial charge on any atom is -0.337 e. The molecule has 12 rings (SSSR count). The van der Waals surface area contributed by atoms with Crippen LogP contribution in [-0.4, -0.2) is 16.0 Å². The predicted molar refractivity (Wildman–Crippen MR) is 296 cm³/mol. The fourth-order valence-electron chi connectivity index (χ4n) is 10.5. The summed E-state index contributed by atoms with van der Waals surface area (Å²) in [4.78, 5) is 19.9. The van der Waals surface area contributed by atoms with Crippen LogP contribution in [0.5, 0.6) is 0 Å². The molecule has 6 nitrogen and oxygen atoms in total. The van der Waals surface area contributed by atoms with Gasteiger partial charge in [0.15, 0.2) is 0 Å². The molecule has 0 N–H and O–H groups in total. The maximum Gasteiger partial charge on any atom is 0.115 e. The van der Waals surface area contributed by atoms with E-state index < -0.39 is 0 Å². The third-order valence-electron chi connectivity index (χ3n) is 14.0. The van der Waals surface area contributed by atoms with Crippen molar-refractivity contribution in [2.45, 2.75) is 38.3 Å². The number of anilines is 7. The molecule has 2 atom stereocenters. The first-order chi connectivity index (χ1) is 35.2. The van der Waals surface area contributed by atoms with Gasteiger partial charge in [0, 0.05) is 70.4 Å². The molecule has 0 fully saturated rings. The van der Waals surface area contributed by atoms with Crippen LogP contribution in [0.4, 0.5) is 39.8 Å². The third kappa shape index (κ3) is 8.92. The van der Waals surface area contributed by atoms with E-state index in [9.17, 15) is 0 Å². The number of hydrogen-bond acceptors (Lipinski definition) is 6. The van der Waals surface area contributed by atoms with Crippen LogP contribution in [0.2, 0.25) is 0 Å². The van der Waals surface area contributed by atoms with E-state index in [2.05, 4.69) is 262 Å². The van der Waals surface area contributed by atoms with Crippen LogP contribution < -0.4 is 19.6 Å². The topological polar surface area (TPSA) is 38.7 Å². The minimum absolute atomic E-state index is 0.120. The average Bonchev–Trinajstić information content (AvgIpc) is 3.45. The summed E-state index contributed by atoms with van der Waals surface area (Å²) >= 11 is 0. The van der Waals surface area contributed by atoms with E-state index in [-0.39, 0.29) is 6.04 Å². The Hall–Kier alpha value is -8.74. The Labute approximate surface area is 416 Å². The first-order valence-electron chi connectivity index (χ1n) is 24.9. The maximum atomic E-state index is 5.16. The third-order valence-corrected chi connectivity index (χ3v) is 14.0. The number of para-hydroxylation sites is 3. The van der Waals surface area contributed by atoms with Crippen LogP contribution in [0.1, 0.15) is 31.2 Å². The summed E-state index contributed by atoms with van der Waals surface area (Å²) in [7, 11) is 0. The zero-order chi connectivity index (χ0) is 47.3. The lowest BCUT2D eigenvalue weighted by molar-refractivity contribution is 0.732. The maximum absolute atomic E-state index is 5.16. The van der Waals surface area contributed by atoms with E-state index in [0.29, 0.717) is 5.92 Å². The molecule has 0 saturated heterocycles. The molecule has 0 aliphatic heterocycles. The van der Waals surface area contributed by atoms with Crippen molar-refractivity contribution >= 4 is 61.6 Å². The highest BCUT2D eigenvalue weighted by Crippen LogP contribution is 2.44. The normalized spacial score (nSPS) is 17.0. The second-order valence-corrected chi connectivity index (χ2v) is 18.5. The lowest BCUT2D eigenvalue weighted by Crippen LogP contribution is -2.35. The quantitative estimate of drug-likeness (QED) is 0.115. The molecule has 344 valence electrons. The number of fused-ring (bicyclic) bond motifs is 3. The lowest BCUT2D eigenvalue weighted by atomic mass is 9.86. The molecule has 71 heavy (non-hydrogen) atoms. The molecule has 1 heterocycles. The standard InChI is InChI=1S/C65H54N6/c1-5-21-53(22-6-1)68(47-48-29-30-49-17-13-15-19-51(49)45-48)54-33-35-59(36-34-54)70(56-25-9-3-10-26-56)62-41-42-63(65-64(62)66-43-44-67-65)71(57-27-11-4-12-28-57)60-39-37-58(38-40-60)69(55-23-7-2-8-24-55)61-32-31-50-18-14-16-20-52(50)46-61/h1-3,5-11,13-17,19-37,39-46,50,58H,4,12,18,38,47H2. The minimum atomic E-state index is 0.120. The lowest BCUT2D eigenvalue weighted by Gasteiger charge is -2.37. The van der Waals surface area contributed by atoms with Gasteiger partial charge in [-0.15, -0.1) is 0 Å².